The molecule has 0 unspecified atom stereocenters. The van der Waals surface area contributed by atoms with Crippen molar-refractivity contribution >= 4 is 29.1 Å². The first-order valence-electron chi connectivity index (χ1n) is 6.87. The number of hydrogen-bond donors (Lipinski definition) is 2. The largest absolute Gasteiger partial charge is 0.383 e. The summed E-state index contributed by atoms with van der Waals surface area (Å²) >= 11 is 1.49. The zero-order chi connectivity index (χ0) is 15.1. The van der Waals surface area contributed by atoms with Crippen molar-refractivity contribution in [2.75, 3.05) is 42.3 Å². The fraction of sp³-hybridized carbons (Fsp3) is 0.333. The van der Waals surface area contributed by atoms with E-state index < -0.39 is 0 Å². The third kappa shape index (κ3) is 4.82. The Morgan fingerprint density at radius 1 is 1.24 bits per heavy atom. The molecule has 0 atom stereocenters. The topological polar surface area (TPSA) is 67.1 Å². The molecule has 112 valence electrons. The van der Waals surface area contributed by atoms with E-state index in [1.807, 2.05) is 12.3 Å². The Kier molecular flexibility index (Phi) is 5.68. The molecule has 2 rings (SSSR count). The van der Waals surface area contributed by atoms with Gasteiger partial charge in [-0.05, 0) is 24.8 Å². The van der Waals surface area contributed by atoms with Gasteiger partial charge in [0.1, 0.15) is 11.6 Å². The average Bonchev–Trinajstić information content (AvgIpc) is 2.51. The Balaban J connectivity index is 1.78. The van der Waals surface area contributed by atoms with E-state index in [2.05, 4.69) is 51.5 Å². The van der Waals surface area contributed by atoms with Crippen LogP contribution < -0.4 is 16.0 Å². The van der Waals surface area contributed by atoms with Crippen LogP contribution in [-0.2, 0) is 0 Å². The van der Waals surface area contributed by atoms with Gasteiger partial charge >= 0.3 is 0 Å². The number of thioether (sulfide) groups is 1. The van der Waals surface area contributed by atoms with E-state index in [4.69, 9.17) is 5.73 Å². The molecule has 3 N–H and O–H groups in total. The summed E-state index contributed by atoms with van der Waals surface area (Å²) in [5.41, 5.74) is 6.98. The van der Waals surface area contributed by atoms with Crippen LogP contribution in [0.5, 0.6) is 0 Å². The summed E-state index contributed by atoms with van der Waals surface area (Å²) in [6.45, 7) is 1.83. The number of rotatable bonds is 7. The van der Waals surface area contributed by atoms with Gasteiger partial charge in [0.25, 0.3) is 0 Å². The standard InChI is InChI=1S/C15H21N5S/c1-20(12-7-4-3-5-8-12)10-6-9-17-14-11-13(16)18-15(19-14)21-2/h3-5,7-8,11H,6,9-10H2,1-2H3,(H3,16,17,18,19). The molecule has 21 heavy (non-hydrogen) atoms. The molecule has 0 radical (unpaired) electrons. The monoisotopic (exact) mass is 303 g/mol. The lowest BCUT2D eigenvalue weighted by Gasteiger charge is -2.19. The Hall–Kier alpha value is -1.95. The van der Waals surface area contributed by atoms with E-state index in [0.29, 0.717) is 11.0 Å². The maximum Gasteiger partial charge on any atom is 0.191 e. The predicted octanol–water partition coefficient (Wildman–Crippen LogP) is 2.72. The van der Waals surface area contributed by atoms with Crippen LogP contribution in [0.2, 0.25) is 0 Å². The molecule has 1 aromatic heterocycles. The zero-order valence-electron chi connectivity index (χ0n) is 12.4. The maximum absolute atomic E-state index is 5.75. The highest BCUT2D eigenvalue weighted by atomic mass is 32.2. The summed E-state index contributed by atoms with van der Waals surface area (Å²) in [6, 6.07) is 12.1. The highest BCUT2D eigenvalue weighted by Gasteiger charge is 2.02. The molecule has 0 fully saturated rings. The Bertz CT molecular complexity index is 561. The molecule has 5 nitrogen and oxygen atoms in total. The lowest BCUT2D eigenvalue weighted by Crippen LogP contribution is -2.20. The molecule has 6 heteroatoms. The minimum Gasteiger partial charge on any atom is -0.383 e. The molecule has 0 aliphatic rings. The normalized spacial score (nSPS) is 10.4. The number of nitrogen functional groups attached to an aromatic ring is 1. The smallest absolute Gasteiger partial charge is 0.191 e. The Morgan fingerprint density at radius 3 is 2.71 bits per heavy atom. The Morgan fingerprint density at radius 2 is 2.00 bits per heavy atom. The molecule has 2 aromatic rings. The second-order valence-electron chi connectivity index (χ2n) is 4.70. The summed E-state index contributed by atoms with van der Waals surface area (Å²) in [6.07, 6.45) is 2.96. The summed E-state index contributed by atoms with van der Waals surface area (Å²) < 4.78 is 0. The molecule has 0 aliphatic heterocycles. The van der Waals surface area contributed by atoms with Crippen LogP contribution >= 0.6 is 11.8 Å². The number of aromatic nitrogens is 2. The van der Waals surface area contributed by atoms with Gasteiger partial charge in [-0.1, -0.05) is 30.0 Å². The van der Waals surface area contributed by atoms with Gasteiger partial charge in [0, 0.05) is 31.9 Å². The van der Waals surface area contributed by atoms with Crippen molar-refractivity contribution in [2.45, 2.75) is 11.6 Å². The number of nitrogens with one attached hydrogen (secondary N) is 1. The van der Waals surface area contributed by atoms with Gasteiger partial charge in [-0.15, -0.1) is 0 Å². The molecule has 0 saturated carbocycles. The molecule has 0 bridgehead atoms. The van der Waals surface area contributed by atoms with Gasteiger partial charge < -0.3 is 16.0 Å². The van der Waals surface area contributed by atoms with Gasteiger partial charge in [0.2, 0.25) is 0 Å². The van der Waals surface area contributed by atoms with Crippen molar-refractivity contribution in [3.63, 3.8) is 0 Å². The van der Waals surface area contributed by atoms with Crippen LogP contribution in [0.25, 0.3) is 0 Å². The highest BCUT2D eigenvalue weighted by Crippen LogP contribution is 2.15. The molecule has 0 saturated heterocycles. The molecule has 0 amide bonds. The van der Waals surface area contributed by atoms with Gasteiger partial charge in [-0.3, -0.25) is 0 Å². The lowest BCUT2D eigenvalue weighted by atomic mass is 10.3. The van der Waals surface area contributed by atoms with Crippen LogP contribution in [0.3, 0.4) is 0 Å². The first kappa shape index (κ1) is 15.4. The first-order valence-corrected chi connectivity index (χ1v) is 8.10. The van der Waals surface area contributed by atoms with Crippen LogP contribution in [0.15, 0.2) is 41.6 Å². The van der Waals surface area contributed by atoms with E-state index in [1.165, 1.54) is 17.4 Å². The van der Waals surface area contributed by atoms with Crippen molar-refractivity contribution in [1.29, 1.82) is 0 Å². The minimum atomic E-state index is 0.498. The fourth-order valence-electron chi connectivity index (χ4n) is 1.97. The third-order valence-corrected chi connectivity index (χ3v) is 3.63. The van der Waals surface area contributed by atoms with E-state index in [1.54, 1.807) is 6.07 Å². The highest BCUT2D eigenvalue weighted by molar-refractivity contribution is 7.98. The molecular formula is C15H21N5S. The number of nitrogens with zero attached hydrogens (tertiary/aromatic N) is 3. The van der Waals surface area contributed by atoms with E-state index in [-0.39, 0.29) is 0 Å². The van der Waals surface area contributed by atoms with Crippen molar-refractivity contribution < 1.29 is 0 Å². The van der Waals surface area contributed by atoms with E-state index >= 15 is 0 Å². The lowest BCUT2D eigenvalue weighted by molar-refractivity contribution is 0.811. The SMILES string of the molecule is CSc1nc(N)cc(NCCCN(C)c2ccccc2)n1. The maximum atomic E-state index is 5.75. The summed E-state index contributed by atoms with van der Waals surface area (Å²) in [4.78, 5) is 10.7. The number of para-hydroxylation sites is 1. The number of nitrogens with two attached hydrogens (primary N) is 1. The summed E-state index contributed by atoms with van der Waals surface area (Å²) in [5.74, 6) is 1.28. The van der Waals surface area contributed by atoms with E-state index in [0.717, 1.165) is 25.3 Å². The van der Waals surface area contributed by atoms with Gasteiger partial charge in [0.05, 0.1) is 0 Å². The third-order valence-electron chi connectivity index (χ3n) is 3.08. The number of benzene rings is 1. The number of hydrogen-bond acceptors (Lipinski definition) is 6. The Labute approximate surface area is 130 Å². The van der Waals surface area contributed by atoms with Gasteiger partial charge in [0.15, 0.2) is 5.16 Å². The van der Waals surface area contributed by atoms with Crippen LogP contribution in [0, 0.1) is 0 Å². The van der Waals surface area contributed by atoms with Crippen LogP contribution in [0.4, 0.5) is 17.3 Å². The predicted molar refractivity (Wildman–Crippen MR) is 91.0 cm³/mol. The average molecular weight is 303 g/mol. The zero-order valence-corrected chi connectivity index (χ0v) is 13.2. The second-order valence-corrected chi connectivity index (χ2v) is 5.48. The van der Waals surface area contributed by atoms with Crippen molar-refractivity contribution in [3.8, 4) is 0 Å². The van der Waals surface area contributed by atoms with Crippen LogP contribution in [-0.4, -0.2) is 36.4 Å². The van der Waals surface area contributed by atoms with Gasteiger partial charge in [-0.25, -0.2) is 9.97 Å². The van der Waals surface area contributed by atoms with Crippen LogP contribution in [0.1, 0.15) is 6.42 Å². The summed E-state index contributed by atoms with van der Waals surface area (Å²) in [5, 5.41) is 3.99. The quantitative estimate of drug-likeness (QED) is 0.466. The first-order chi connectivity index (χ1) is 10.2. The van der Waals surface area contributed by atoms with E-state index in [9.17, 15) is 0 Å². The van der Waals surface area contributed by atoms with Crippen molar-refractivity contribution in [2.24, 2.45) is 0 Å². The van der Waals surface area contributed by atoms with Gasteiger partial charge in [-0.2, -0.15) is 0 Å². The number of anilines is 3. The van der Waals surface area contributed by atoms with Crippen molar-refractivity contribution in [1.82, 2.24) is 9.97 Å². The molecule has 1 aromatic carbocycles. The second kappa shape index (κ2) is 7.73. The molecular weight excluding hydrogens is 282 g/mol. The fourth-order valence-corrected chi connectivity index (χ4v) is 2.36. The molecule has 1 heterocycles. The molecule has 0 spiro atoms. The van der Waals surface area contributed by atoms with Crippen molar-refractivity contribution in [3.05, 3.63) is 36.4 Å². The minimum absolute atomic E-state index is 0.498. The summed E-state index contributed by atoms with van der Waals surface area (Å²) in [7, 11) is 2.10. The molecule has 0 aliphatic carbocycles.